The number of carbonyl (C=O) groups is 3. The number of rotatable bonds is 3. The number of ketones is 1. The maximum absolute atomic E-state index is 13.8. The first-order valence-electron chi connectivity index (χ1n) is 10.8. The fourth-order valence-corrected chi connectivity index (χ4v) is 5.50. The monoisotopic (exact) mass is 473 g/mol. The molecule has 3 aliphatic heterocycles. The lowest BCUT2D eigenvalue weighted by molar-refractivity contribution is -0.124. The molecule has 0 aliphatic carbocycles. The van der Waals surface area contributed by atoms with Gasteiger partial charge in [0.2, 0.25) is 11.8 Å². The van der Waals surface area contributed by atoms with Crippen molar-refractivity contribution < 1.29 is 18.8 Å². The highest BCUT2D eigenvalue weighted by molar-refractivity contribution is 6.31. The molecule has 2 saturated heterocycles. The number of anilines is 1. The number of nitrogens with zero attached hydrogens (tertiary/aromatic N) is 3. The van der Waals surface area contributed by atoms with Crippen LogP contribution in [0.1, 0.15) is 27.5 Å². The van der Waals surface area contributed by atoms with Gasteiger partial charge in [-0.15, -0.1) is 0 Å². The van der Waals surface area contributed by atoms with E-state index in [0.717, 1.165) is 22.1 Å². The first-order chi connectivity index (χ1) is 16.5. The topological polar surface area (TPSA) is 70.0 Å². The molecule has 0 unspecified atom stereocenters. The Morgan fingerprint density at radius 3 is 2.38 bits per heavy atom. The normalized spacial score (nSPS) is 24.8. The summed E-state index contributed by atoms with van der Waals surface area (Å²) in [6.45, 7) is 0. The smallest absolute Gasteiger partial charge is 0.240 e. The molecule has 3 heterocycles. The molecule has 6 rings (SSSR count). The van der Waals surface area contributed by atoms with Gasteiger partial charge >= 0.3 is 0 Å². The summed E-state index contributed by atoms with van der Waals surface area (Å²) < 4.78 is 13.8. The Morgan fingerprint density at radius 1 is 0.912 bits per heavy atom. The third kappa shape index (κ3) is 2.86. The first kappa shape index (κ1) is 20.7. The molecule has 0 bridgehead atoms. The molecule has 4 atom stereocenters. The van der Waals surface area contributed by atoms with Crippen LogP contribution < -0.4 is 4.90 Å². The predicted octanol–water partition coefficient (Wildman–Crippen LogP) is 4.24. The second-order valence-corrected chi connectivity index (χ2v) is 8.94. The minimum atomic E-state index is -0.959. The molecule has 3 aliphatic rings. The molecule has 3 aromatic carbocycles. The van der Waals surface area contributed by atoms with Gasteiger partial charge in [-0.3, -0.25) is 19.4 Å². The van der Waals surface area contributed by atoms with Gasteiger partial charge < -0.3 is 0 Å². The average Bonchev–Trinajstić information content (AvgIpc) is 3.33. The van der Waals surface area contributed by atoms with Gasteiger partial charge in [-0.25, -0.2) is 9.29 Å². The van der Waals surface area contributed by atoms with Gasteiger partial charge in [0, 0.05) is 5.56 Å². The second-order valence-electron chi connectivity index (χ2n) is 8.54. The Hall–Kier alpha value is -3.84. The van der Waals surface area contributed by atoms with Crippen molar-refractivity contribution in [1.29, 1.82) is 0 Å². The van der Waals surface area contributed by atoms with Gasteiger partial charge in [-0.1, -0.05) is 66.2 Å². The molecule has 168 valence electrons. The number of hydrazone groups is 1. The van der Waals surface area contributed by atoms with Crippen LogP contribution in [0, 0.1) is 17.7 Å². The maximum Gasteiger partial charge on any atom is 0.240 e. The van der Waals surface area contributed by atoms with Crippen LogP contribution >= 0.6 is 11.6 Å². The predicted molar refractivity (Wildman–Crippen MR) is 124 cm³/mol. The average molecular weight is 474 g/mol. The summed E-state index contributed by atoms with van der Waals surface area (Å²) in [5, 5.41) is 5.95. The van der Waals surface area contributed by atoms with E-state index in [1.807, 2.05) is 24.3 Å². The number of hydrogen-bond donors (Lipinski definition) is 0. The van der Waals surface area contributed by atoms with Crippen LogP contribution in [0.15, 0.2) is 77.9 Å². The van der Waals surface area contributed by atoms with E-state index in [0.29, 0.717) is 5.56 Å². The highest BCUT2D eigenvalue weighted by Gasteiger charge is 2.65. The van der Waals surface area contributed by atoms with E-state index in [4.69, 9.17) is 11.6 Å². The Morgan fingerprint density at radius 2 is 1.62 bits per heavy atom. The largest absolute Gasteiger partial charge is 0.292 e. The van der Waals surface area contributed by atoms with Gasteiger partial charge in [-0.05, 0) is 29.3 Å². The standard InChI is InChI=1S/C26H17ClFN3O3/c27-18-12-16(10-11-19(18)28)30-25(33)20-21(26(30)34)23(24(32)14-6-2-1-3-7-14)31-22(20)17-9-5-4-8-15(17)13-29-31/h1-13,20-23H/t20-,21-,22-,23+/m1/s1. The summed E-state index contributed by atoms with van der Waals surface area (Å²) in [7, 11) is 0. The Labute approximate surface area is 199 Å². The highest BCUT2D eigenvalue weighted by atomic mass is 35.5. The summed E-state index contributed by atoms with van der Waals surface area (Å²) in [5.41, 5.74) is 2.28. The number of halogens is 2. The fraction of sp³-hybridized carbons (Fsp3) is 0.154. The molecule has 0 aromatic heterocycles. The zero-order valence-corrected chi connectivity index (χ0v) is 18.4. The number of hydrogen-bond acceptors (Lipinski definition) is 5. The lowest BCUT2D eigenvalue weighted by Gasteiger charge is -2.33. The molecule has 0 N–H and O–H groups in total. The van der Waals surface area contributed by atoms with Crippen molar-refractivity contribution in [2.75, 3.05) is 4.90 Å². The van der Waals surface area contributed by atoms with E-state index in [1.54, 1.807) is 41.6 Å². The van der Waals surface area contributed by atoms with Crippen molar-refractivity contribution >= 4 is 41.1 Å². The van der Waals surface area contributed by atoms with Crippen LogP contribution in [-0.2, 0) is 9.59 Å². The first-order valence-corrected chi connectivity index (χ1v) is 11.2. The Bertz CT molecular complexity index is 1390. The van der Waals surface area contributed by atoms with Crippen LogP contribution in [0.5, 0.6) is 0 Å². The van der Waals surface area contributed by atoms with Crippen molar-refractivity contribution in [2.45, 2.75) is 12.1 Å². The van der Waals surface area contributed by atoms with E-state index in [2.05, 4.69) is 5.10 Å². The molecule has 34 heavy (non-hydrogen) atoms. The zero-order valence-electron chi connectivity index (χ0n) is 17.6. The lowest BCUT2D eigenvalue weighted by atomic mass is 9.83. The van der Waals surface area contributed by atoms with Crippen molar-refractivity contribution in [2.24, 2.45) is 16.9 Å². The number of carbonyl (C=O) groups excluding carboxylic acids is 3. The summed E-state index contributed by atoms with van der Waals surface area (Å²) in [5.74, 6) is -3.68. The lowest BCUT2D eigenvalue weighted by Crippen LogP contribution is -2.44. The fourth-order valence-electron chi connectivity index (χ4n) is 5.32. The molecule has 0 radical (unpaired) electrons. The Kier molecular flexibility index (Phi) is 4.64. The van der Waals surface area contributed by atoms with Crippen LogP contribution in [-0.4, -0.2) is 34.9 Å². The molecule has 0 spiro atoms. The highest BCUT2D eigenvalue weighted by Crippen LogP contribution is 2.53. The van der Waals surface area contributed by atoms with Gasteiger partial charge in [0.25, 0.3) is 0 Å². The Balaban J connectivity index is 1.50. The second kappa shape index (κ2) is 7.60. The molecular weight excluding hydrogens is 457 g/mol. The zero-order chi connectivity index (χ0) is 23.6. The minimum Gasteiger partial charge on any atom is -0.292 e. The van der Waals surface area contributed by atoms with Crippen LogP contribution in [0.4, 0.5) is 10.1 Å². The molecule has 6 nitrogen and oxygen atoms in total. The number of Topliss-reactive ketones (excluding diaryl/α,β-unsaturated/α-hetero) is 1. The third-order valence-electron chi connectivity index (χ3n) is 6.78. The number of imide groups is 1. The minimum absolute atomic E-state index is 0.181. The molecule has 8 heteroatoms. The summed E-state index contributed by atoms with van der Waals surface area (Å²) in [6, 6.07) is 18.4. The molecular formula is C26H17ClFN3O3. The van der Waals surface area contributed by atoms with E-state index < -0.39 is 41.6 Å². The third-order valence-corrected chi connectivity index (χ3v) is 7.07. The van der Waals surface area contributed by atoms with Crippen LogP contribution in [0.25, 0.3) is 0 Å². The molecule has 0 saturated carbocycles. The van der Waals surface area contributed by atoms with Crippen LogP contribution in [0.2, 0.25) is 5.02 Å². The molecule has 3 aromatic rings. The van der Waals surface area contributed by atoms with Crippen molar-refractivity contribution in [1.82, 2.24) is 5.01 Å². The SMILES string of the molecule is O=C(c1ccccc1)[C@@H]1[C@@H]2C(=O)N(c3ccc(F)c(Cl)c3)C(=O)[C@H]2[C@H]2c3ccccc3C=NN12. The van der Waals surface area contributed by atoms with E-state index in [1.165, 1.54) is 12.1 Å². The molecule has 2 amide bonds. The van der Waals surface area contributed by atoms with Gasteiger partial charge in [-0.2, -0.15) is 5.10 Å². The van der Waals surface area contributed by atoms with E-state index in [-0.39, 0.29) is 16.5 Å². The van der Waals surface area contributed by atoms with Crippen LogP contribution in [0.3, 0.4) is 0 Å². The summed E-state index contributed by atoms with van der Waals surface area (Å²) in [6.07, 6.45) is 1.66. The van der Waals surface area contributed by atoms with Crippen molar-refractivity contribution in [3.8, 4) is 0 Å². The number of benzene rings is 3. The quantitative estimate of drug-likeness (QED) is 0.421. The number of fused-ring (bicyclic) bond motifs is 5. The summed E-state index contributed by atoms with van der Waals surface area (Å²) >= 11 is 5.94. The van der Waals surface area contributed by atoms with E-state index in [9.17, 15) is 18.8 Å². The van der Waals surface area contributed by atoms with Gasteiger partial charge in [0.1, 0.15) is 11.9 Å². The van der Waals surface area contributed by atoms with Gasteiger partial charge in [0.05, 0.1) is 34.8 Å². The maximum atomic E-state index is 13.8. The molecule has 2 fully saturated rings. The van der Waals surface area contributed by atoms with Crippen molar-refractivity contribution in [3.05, 3.63) is 100 Å². The van der Waals surface area contributed by atoms with Gasteiger partial charge in [0.15, 0.2) is 5.78 Å². The van der Waals surface area contributed by atoms with E-state index >= 15 is 0 Å². The van der Waals surface area contributed by atoms with Crippen molar-refractivity contribution in [3.63, 3.8) is 0 Å². The number of amides is 2. The summed E-state index contributed by atoms with van der Waals surface area (Å²) in [4.78, 5) is 42.2.